The first kappa shape index (κ1) is 23.4. The van der Waals surface area contributed by atoms with Crippen LogP contribution in [0.5, 0.6) is 17.2 Å². The molecule has 1 aliphatic heterocycles. The number of anilines is 1. The summed E-state index contributed by atoms with van der Waals surface area (Å²) in [6.45, 7) is 1.90. The minimum absolute atomic E-state index is 0.130. The zero-order valence-corrected chi connectivity index (χ0v) is 18.6. The minimum Gasteiger partial charge on any atom is -0.497 e. The maximum absolute atomic E-state index is 12.4. The van der Waals surface area contributed by atoms with Crippen molar-refractivity contribution in [3.8, 4) is 17.2 Å². The molecule has 0 aliphatic carbocycles. The first-order valence-electron chi connectivity index (χ1n) is 10.6. The van der Waals surface area contributed by atoms with Crippen LogP contribution in [0.1, 0.15) is 18.9 Å². The van der Waals surface area contributed by atoms with Gasteiger partial charge in [-0.3, -0.25) is 0 Å². The van der Waals surface area contributed by atoms with Gasteiger partial charge in [-0.15, -0.1) is 0 Å². The molecule has 174 valence electrons. The summed E-state index contributed by atoms with van der Waals surface area (Å²) in [6, 6.07) is 12.7. The number of aliphatic imine (C=N–C) groups is 1. The molecule has 0 aromatic heterocycles. The molecule has 9 heteroatoms. The molecule has 1 saturated heterocycles. The van der Waals surface area contributed by atoms with Crippen LogP contribution in [0.3, 0.4) is 0 Å². The van der Waals surface area contributed by atoms with Gasteiger partial charge < -0.3 is 29.7 Å². The molecule has 2 N–H and O–H groups in total. The zero-order chi connectivity index (χ0) is 22.9. The molecule has 0 radical (unpaired) electrons. The number of ether oxygens (including phenoxy) is 3. The lowest BCUT2D eigenvalue weighted by atomic mass is 10.2. The normalized spacial score (nSPS) is 16.2. The number of nitrogens with one attached hydrogen (secondary N) is 2. The Morgan fingerprint density at radius 1 is 1.12 bits per heavy atom. The van der Waals surface area contributed by atoms with E-state index in [4.69, 9.17) is 9.47 Å². The van der Waals surface area contributed by atoms with Gasteiger partial charge in [-0.2, -0.15) is 8.78 Å². The molecular formula is C23H30F2N4O3. The fraction of sp³-hybridized carbons (Fsp3) is 0.435. The van der Waals surface area contributed by atoms with E-state index in [0.29, 0.717) is 19.0 Å². The maximum atomic E-state index is 12.4. The van der Waals surface area contributed by atoms with Crippen molar-refractivity contribution in [3.05, 3.63) is 48.0 Å². The van der Waals surface area contributed by atoms with Crippen molar-refractivity contribution in [1.29, 1.82) is 0 Å². The molecule has 1 fully saturated rings. The van der Waals surface area contributed by atoms with Crippen molar-refractivity contribution in [2.24, 2.45) is 4.99 Å². The SMILES string of the molecule is CCNC(=NCc1cccc(OC(F)F)c1)NC1CCN(c2cc(OC)cc(OC)c2)C1. The van der Waals surface area contributed by atoms with E-state index in [1.807, 2.05) is 31.2 Å². The molecule has 1 unspecified atom stereocenters. The predicted octanol–water partition coefficient (Wildman–Crippen LogP) is 3.64. The van der Waals surface area contributed by atoms with Crippen LogP contribution >= 0.6 is 0 Å². The van der Waals surface area contributed by atoms with E-state index in [-0.39, 0.29) is 11.8 Å². The van der Waals surface area contributed by atoms with E-state index in [1.165, 1.54) is 6.07 Å². The molecule has 0 saturated carbocycles. The Balaban J connectivity index is 1.63. The fourth-order valence-electron chi connectivity index (χ4n) is 3.59. The van der Waals surface area contributed by atoms with Crippen LogP contribution in [-0.4, -0.2) is 52.5 Å². The summed E-state index contributed by atoms with van der Waals surface area (Å²) >= 11 is 0. The summed E-state index contributed by atoms with van der Waals surface area (Å²) in [5, 5.41) is 6.72. The van der Waals surface area contributed by atoms with Gasteiger partial charge in [0.05, 0.1) is 20.8 Å². The first-order chi connectivity index (χ1) is 15.5. The molecule has 1 atom stereocenters. The van der Waals surface area contributed by atoms with Crippen molar-refractivity contribution in [3.63, 3.8) is 0 Å². The van der Waals surface area contributed by atoms with Gasteiger partial charge in [0.15, 0.2) is 5.96 Å². The van der Waals surface area contributed by atoms with E-state index in [0.717, 1.165) is 42.3 Å². The topological polar surface area (TPSA) is 67.4 Å². The minimum atomic E-state index is -2.84. The first-order valence-corrected chi connectivity index (χ1v) is 10.6. The number of alkyl halides is 2. The number of guanidine groups is 1. The number of hydrogen-bond acceptors (Lipinski definition) is 5. The highest BCUT2D eigenvalue weighted by Crippen LogP contribution is 2.30. The van der Waals surface area contributed by atoms with Crippen LogP contribution in [0, 0.1) is 0 Å². The van der Waals surface area contributed by atoms with Crippen molar-refractivity contribution >= 4 is 11.6 Å². The maximum Gasteiger partial charge on any atom is 0.387 e. The molecule has 32 heavy (non-hydrogen) atoms. The third-order valence-corrected chi connectivity index (χ3v) is 5.12. The third kappa shape index (κ3) is 6.63. The monoisotopic (exact) mass is 448 g/mol. The van der Waals surface area contributed by atoms with Crippen LogP contribution in [-0.2, 0) is 6.54 Å². The summed E-state index contributed by atoms with van der Waals surface area (Å²) in [6.07, 6.45) is 0.946. The Bertz CT molecular complexity index is 888. The Hall–Kier alpha value is -3.23. The van der Waals surface area contributed by atoms with Gasteiger partial charge in [0.1, 0.15) is 17.2 Å². The highest BCUT2D eigenvalue weighted by molar-refractivity contribution is 5.80. The number of halogens is 2. The van der Waals surface area contributed by atoms with Crippen molar-refractivity contribution in [2.45, 2.75) is 32.5 Å². The number of benzene rings is 2. The van der Waals surface area contributed by atoms with Crippen LogP contribution in [0.15, 0.2) is 47.5 Å². The number of methoxy groups -OCH3 is 2. The summed E-state index contributed by atoms with van der Waals surface area (Å²) in [4.78, 5) is 6.89. The van der Waals surface area contributed by atoms with Gasteiger partial charge in [-0.05, 0) is 31.0 Å². The molecule has 0 bridgehead atoms. The zero-order valence-electron chi connectivity index (χ0n) is 18.6. The largest absolute Gasteiger partial charge is 0.497 e. The molecule has 1 aliphatic rings. The smallest absolute Gasteiger partial charge is 0.387 e. The quantitative estimate of drug-likeness (QED) is 0.451. The highest BCUT2D eigenvalue weighted by atomic mass is 19.3. The summed E-state index contributed by atoms with van der Waals surface area (Å²) in [5.74, 6) is 2.32. The molecule has 0 spiro atoms. The molecule has 0 amide bonds. The average Bonchev–Trinajstić information content (AvgIpc) is 3.25. The second-order valence-corrected chi connectivity index (χ2v) is 7.37. The van der Waals surface area contributed by atoms with Crippen molar-refractivity contribution in [2.75, 3.05) is 38.8 Å². The average molecular weight is 449 g/mol. The van der Waals surface area contributed by atoms with E-state index < -0.39 is 6.61 Å². The molecule has 2 aromatic carbocycles. The van der Waals surface area contributed by atoms with E-state index >= 15 is 0 Å². The predicted molar refractivity (Wildman–Crippen MR) is 121 cm³/mol. The van der Waals surface area contributed by atoms with Crippen LogP contribution in [0.2, 0.25) is 0 Å². The van der Waals surface area contributed by atoms with Crippen LogP contribution < -0.4 is 29.7 Å². The Morgan fingerprint density at radius 2 is 1.88 bits per heavy atom. The second-order valence-electron chi connectivity index (χ2n) is 7.37. The lowest BCUT2D eigenvalue weighted by molar-refractivity contribution is -0.0498. The summed E-state index contributed by atoms with van der Waals surface area (Å²) in [5.41, 5.74) is 1.83. The van der Waals surface area contributed by atoms with Crippen molar-refractivity contribution in [1.82, 2.24) is 10.6 Å². The van der Waals surface area contributed by atoms with Gasteiger partial charge >= 0.3 is 6.61 Å². The lowest BCUT2D eigenvalue weighted by Gasteiger charge is -2.21. The second kappa shape index (κ2) is 11.4. The van der Waals surface area contributed by atoms with Gasteiger partial charge in [-0.1, -0.05) is 12.1 Å². The Morgan fingerprint density at radius 3 is 2.53 bits per heavy atom. The Labute approximate surface area is 187 Å². The van der Waals surface area contributed by atoms with E-state index in [2.05, 4.69) is 25.3 Å². The lowest BCUT2D eigenvalue weighted by Crippen LogP contribution is -2.44. The van der Waals surface area contributed by atoms with Gasteiger partial charge in [0, 0.05) is 49.6 Å². The molecule has 2 aromatic rings. The number of hydrogen-bond donors (Lipinski definition) is 2. The van der Waals surface area contributed by atoms with Crippen molar-refractivity contribution < 1.29 is 23.0 Å². The van der Waals surface area contributed by atoms with Gasteiger partial charge in [-0.25, -0.2) is 4.99 Å². The molecule has 3 rings (SSSR count). The van der Waals surface area contributed by atoms with Gasteiger partial charge in [0.2, 0.25) is 0 Å². The summed E-state index contributed by atoms with van der Waals surface area (Å²) in [7, 11) is 3.28. The van der Waals surface area contributed by atoms with E-state index in [9.17, 15) is 8.78 Å². The fourth-order valence-corrected chi connectivity index (χ4v) is 3.59. The molecule has 7 nitrogen and oxygen atoms in total. The third-order valence-electron chi connectivity index (χ3n) is 5.12. The van der Waals surface area contributed by atoms with E-state index in [1.54, 1.807) is 26.4 Å². The van der Waals surface area contributed by atoms with Crippen LogP contribution in [0.25, 0.3) is 0 Å². The molecule has 1 heterocycles. The summed E-state index contributed by atoms with van der Waals surface area (Å²) < 4.78 is 40.1. The van der Waals surface area contributed by atoms with Gasteiger partial charge in [0.25, 0.3) is 0 Å². The number of rotatable bonds is 9. The highest BCUT2D eigenvalue weighted by Gasteiger charge is 2.24. The molecular weight excluding hydrogens is 418 g/mol. The van der Waals surface area contributed by atoms with Crippen LogP contribution in [0.4, 0.5) is 14.5 Å². The standard InChI is InChI=1S/C23H30F2N4O3/c1-4-26-23(27-14-16-6-5-7-19(10-16)32-22(24)25)28-17-8-9-29(15-17)18-11-20(30-2)13-21(12-18)31-3/h5-7,10-13,17,22H,4,8-9,14-15H2,1-3H3,(H2,26,27,28). The Kier molecular flexibility index (Phi) is 8.35. The number of nitrogens with zero attached hydrogens (tertiary/aromatic N) is 2.